The van der Waals surface area contributed by atoms with Crippen LogP contribution >= 0.6 is 24.0 Å². The van der Waals surface area contributed by atoms with Crippen LogP contribution in [-0.4, -0.2) is 38.1 Å². The van der Waals surface area contributed by atoms with Crippen molar-refractivity contribution in [3.05, 3.63) is 59.7 Å². The van der Waals surface area contributed by atoms with E-state index in [1.807, 2.05) is 36.4 Å². The molecule has 148 valence electrons. The van der Waals surface area contributed by atoms with Crippen LogP contribution in [0.25, 0.3) is 0 Å². The minimum atomic E-state index is 0. The van der Waals surface area contributed by atoms with Crippen LogP contribution < -0.4 is 15.8 Å². The van der Waals surface area contributed by atoms with E-state index in [1.165, 1.54) is 5.56 Å². The molecule has 0 aromatic heterocycles. The largest absolute Gasteiger partial charge is 0.494 e. The Bertz CT molecular complexity index is 684. The summed E-state index contributed by atoms with van der Waals surface area (Å²) in [6.07, 6.45) is 2.04. The maximum absolute atomic E-state index is 5.97. The summed E-state index contributed by atoms with van der Waals surface area (Å²) >= 11 is 0. The van der Waals surface area contributed by atoms with E-state index in [2.05, 4.69) is 48.4 Å². The van der Waals surface area contributed by atoms with E-state index in [-0.39, 0.29) is 24.0 Å². The molecule has 0 saturated carbocycles. The molecular weight excluding hydrogens is 451 g/mol. The quantitative estimate of drug-likeness (QED) is 0.244. The minimum absolute atomic E-state index is 0. The molecule has 2 aromatic rings. The predicted octanol–water partition coefficient (Wildman–Crippen LogP) is 4.12. The van der Waals surface area contributed by atoms with Crippen molar-refractivity contribution in [2.75, 3.05) is 32.6 Å². The molecule has 0 aliphatic carbocycles. The Balaban J connectivity index is 0.00000364. The van der Waals surface area contributed by atoms with Crippen LogP contribution in [0.3, 0.4) is 0 Å². The monoisotopic (exact) mass is 482 g/mol. The molecule has 0 aliphatic heterocycles. The van der Waals surface area contributed by atoms with Crippen LogP contribution in [0, 0.1) is 0 Å². The van der Waals surface area contributed by atoms with E-state index in [9.17, 15) is 0 Å². The highest BCUT2D eigenvalue weighted by Crippen LogP contribution is 2.13. The lowest BCUT2D eigenvalue weighted by molar-refractivity contribution is 0.281. The number of aryl methyl sites for hydroxylation is 1. The second-order valence-electron chi connectivity index (χ2n) is 6.53. The molecule has 0 heterocycles. The highest BCUT2D eigenvalue weighted by atomic mass is 127. The van der Waals surface area contributed by atoms with Gasteiger partial charge in [0.2, 0.25) is 0 Å². The first-order chi connectivity index (χ1) is 12.6. The van der Waals surface area contributed by atoms with Gasteiger partial charge in [0.05, 0.1) is 13.2 Å². The number of aliphatic imine (C=N–C) groups is 1. The van der Waals surface area contributed by atoms with Crippen molar-refractivity contribution in [3.63, 3.8) is 0 Å². The number of halogens is 1. The molecular formula is C21H31IN4O. The summed E-state index contributed by atoms with van der Waals surface area (Å²) in [6, 6.07) is 16.2. The van der Waals surface area contributed by atoms with Gasteiger partial charge in [0.15, 0.2) is 5.96 Å². The highest BCUT2D eigenvalue weighted by Gasteiger charge is 1.99. The Labute approximate surface area is 180 Å². The summed E-state index contributed by atoms with van der Waals surface area (Å²) in [5.41, 5.74) is 9.31. The highest BCUT2D eigenvalue weighted by molar-refractivity contribution is 14.0. The van der Waals surface area contributed by atoms with Crippen molar-refractivity contribution in [2.24, 2.45) is 10.7 Å². The fourth-order valence-corrected chi connectivity index (χ4v) is 2.45. The van der Waals surface area contributed by atoms with Crippen LogP contribution in [0.4, 0.5) is 5.69 Å². The molecule has 0 radical (unpaired) electrons. The summed E-state index contributed by atoms with van der Waals surface area (Å²) in [6.45, 7) is 4.43. The summed E-state index contributed by atoms with van der Waals surface area (Å²) in [5, 5.41) is 3.12. The van der Waals surface area contributed by atoms with E-state index < -0.39 is 0 Å². The van der Waals surface area contributed by atoms with Gasteiger partial charge in [-0.3, -0.25) is 0 Å². The molecule has 5 nitrogen and oxygen atoms in total. The number of ether oxygens (including phenoxy) is 1. The second kappa shape index (κ2) is 12.6. The van der Waals surface area contributed by atoms with Gasteiger partial charge in [0, 0.05) is 12.2 Å². The zero-order valence-electron chi connectivity index (χ0n) is 16.4. The first kappa shape index (κ1) is 23.2. The number of nitrogens with two attached hydrogens (primary N) is 1. The number of hydrogen-bond donors (Lipinski definition) is 2. The number of rotatable bonds is 9. The number of hydrogen-bond acceptors (Lipinski definition) is 3. The zero-order chi connectivity index (χ0) is 18.8. The van der Waals surface area contributed by atoms with E-state index in [0.29, 0.717) is 12.5 Å². The number of nitrogens with one attached hydrogen (secondary N) is 1. The standard InChI is InChI=1S/C21H30N4O.HI/c1-4-17-6-10-19(11-7-17)24-21(22)23-16-18-8-12-20(13-9-18)26-15-5-14-25(2)3;/h6-13H,4-5,14-16H2,1-3H3,(H3,22,23,24);1H. The summed E-state index contributed by atoms with van der Waals surface area (Å²) < 4.78 is 5.74. The third kappa shape index (κ3) is 9.10. The van der Waals surface area contributed by atoms with E-state index in [0.717, 1.165) is 43.0 Å². The number of anilines is 1. The van der Waals surface area contributed by atoms with Crippen LogP contribution in [0.5, 0.6) is 5.75 Å². The molecule has 0 aliphatic rings. The smallest absolute Gasteiger partial charge is 0.193 e. The molecule has 0 saturated heterocycles. The van der Waals surface area contributed by atoms with Gasteiger partial charge in [-0.15, -0.1) is 24.0 Å². The van der Waals surface area contributed by atoms with Gasteiger partial charge in [-0.25, -0.2) is 4.99 Å². The van der Waals surface area contributed by atoms with Gasteiger partial charge in [0.25, 0.3) is 0 Å². The lowest BCUT2D eigenvalue weighted by Crippen LogP contribution is -2.22. The van der Waals surface area contributed by atoms with E-state index >= 15 is 0 Å². The number of benzene rings is 2. The zero-order valence-corrected chi connectivity index (χ0v) is 18.8. The first-order valence-electron chi connectivity index (χ1n) is 9.09. The molecule has 3 N–H and O–H groups in total. The molecule has 2 aromatic carbocycles. The van der Waals surface area contributed by atoms with Crippen molar-refractivity contribution in [1.29, 1.82) is 0 Å². The average Bonchev–Trinajstić information content (AvgIpc) is 2.65. The molecule has 0 atom stereocenters. The Kier molecular flexibility index (Phi) is 10.8. The van der Waals surface area contributed by atoms with Crippen LogP contribution in [0.15, 0.2) is 53.5 Å². The summed E-state index contributed by atoms with van der Waals surface area (Å²) in [4.78, 5) is 6.55. The maximum atomic E-state index is 5.97. The predicted molar refractivity (Wildman–Crippen MR) is 125 cm³/mol. The molecule has 6 heteroatoms. The Hall–Kier alpha value is -1.80. The van der Waals surface area contributed by atoms with Gasteiger partial charge < -0.3 is 20.7 Å². The van der Waals surface area contributed by atoms with E-state index in [4.69, 9.17) is 10.5 Å². The normalized spacial score (nSPS) is 11.2. The minimum Gasteiger partial charge on any atom is -0.494 e. The van der Waals surface area contributed by atoms with Gasteiger partial charge in [-0.1, -0.05) is 31.2 Å². The topological polar surface area (TPSA) is 62.9 Å². The molecule has 0 unspecified atom stereocenters. The molecule has 0 bridgehead atoms. The lowest BCUT2D eigenvalue weighted by Gasteiger charge is -2.10. The number of guanidine groups is 1. The van der Waals surface area contributed by atoms with Crippen molar-refractivity contribution in [3.8, 4) is 5.75 Å². The van der Waals surface area contributed by atoms with Gasteiger partial charge in [0.1, 0.15) is 5.75 Å². The van der Waals surface area contributed by atoms with Crippen molar-refractivity contribution in [1.82, 2.24) is 4.90 Å². The molecule has 27 heavy (non-hydrogen) atoms. The molecule has 0 spiro atoms. The fraction of sp³-hybridized carbons (Fsp3) is 0.381. The van der Waals surface area contributed by atoms with E-state index in [1.54, 1.807) is 0 Å². The van der Waals surface area contributed by atoms with Crippen LogP contribution in [-0.2, 0) is 13.0 Å². The van der Waals surface area contributed by atoms with Crippen molar-refractivity contribution in [2.45, 2.75) is 26.3 Å². The van der Waals surface area contributed by atoms with Crippen molar-refractivity contribution >= 4 is 35.6 Å². The first-order valence-corrected chi connectivity index (χ1v) is 9.09. The lowest BCUT2D eigenvalue weighted by atomic mass is 10.1. The molecule has 0 amide bonds. The Morgan fingerprint density at radius 3 is 2.26 bits per heavy atom. The van der Waals surface area contributed by atoms with Crippen LogP contribution in [0.2, 0.25) is 0 Å². The third-order valence-electron chi connectivity index (χ3n) is 4.01. The van der Waals surface area contributed by atoms with Gasteiger partial charge in [-0.05, 0) is 62.3 Å². The third-order valence-corrected chi connectivity index (χ3v) is 4.01. The Morgan fingerprint density at radius 2 is 1.67 bits per heavy atom. The average molecular weight is 482 g/mol. The SMILES string of the molecule is CCc1ccc(NC(N)=NCc2ccc(OCCCN(C)C)cc2)cc1.I. The van der Waals surface area contributed by atoms with Gasteiger partial charge >= 0.3 is 0 Å². The summed E-state index contributed by atoms with van der Waals surface area (Å²) in [5.74, 6) is 1.30. The maximum Gasteiger partial charge on any atom is 0.193 e. The molecule has 0 fully saturated rings. The van der Waals surface area contributed by atoms with Crippen LogP contribution in [0.1, 0.15) is 24.5 Å². The second-order valence-corrected chi connectivity index (χ2v) is 6.53. The Morgan fingerprint density at radius 1 is 1.04 bits per heavy atom. The number of nitrogens with zero attached hydrogens (tertiary/aromatic N) is 2. The van der Waals surface area contributed by atoms with Crippen molar-refractivity contribution < 1.29 is 4.74 Å². The molecule has 2 rings (SSSR count). The fourth-order valence-electron chi connectivity index (χ4n) is 2.45. The van der Waals surface area contributed by atoms with Gasteiger partial charge in [-0.2, -0.15) is 0 Å². The summed E-state index contributed by atoms with van der Waals surface area (Å²) in [7, 11) is 4.13.